The van der Waals surface area contributed by atoms with Crippen LogP contribution in [0.3, 0.4) is 0 Å². The summed E-state index contributed by atoms with van der Waals surface area (Å²) < 4.78 is 30.7. The van der Waals surface area contributed by atoms with Gasteiger partial charge in [0.05, 0.1) is 0 Å². The molecule has 2 radical (unpaired) electrons. The van der Waals surface area contributed by atoms with Crippen molar-refractivity contribution in [3.63, 3.8) is 0 Å². The van der Waals surface area contributed by atoms with Crippen molar-refractivity contribution in [1.82, 2.24) is 14.1 Å². The summed E-state index contributed by atoms with van der Waals surface area (Å²) in [5, 5.41) is 0.168. The molecule has 0 bridgehead atoms. The molecule has 8 heteroatoms. The Morgan fingerprint density at radius 3 is 2.15 bits per heavy atom. The number of sulfonamides is 1. The number of nitrogens with one attached hydrogen (secondary N) is 1. The van der Waals surface area contributed by atoms with Gasteiger partial charge in [-0.1, -0.05) is 0 Å². The average molecular weight is 518 g/mol. The number of thiazole rings is 1. The fourth-order valence-corrected chi connectivity index (χ4v) is 12.8. The molecule has 0 aromatic carbocycles. The van der Waals surface area contributed by atoms with E-state index in [1.165, 1.54) is 67.7 Å². The number of fused-ring (bicyclic) bond motifs is 1. The van der Waals surface area contributed by atoms with Gasteiger partial charge in [0.2, 0.25) is 0 Å². The van der Waals surface area contributed by atoms with Crippen molar-refractivity contribution in [3.05, 3.63) is 12.5 Å². The van der Waals surface area contributed by atoms with Crippen LogP contribution in [0.25, 0.3) is 4.83 Å². The summed E-state index contributed by atoms with van der Waals surface area (Å²) in [7, 11) is -2.07. The molecule has 0 atom stereocenters. The summed E-state index contributed by atoms with van der Waals surface area (Å²) in [4.78, 5) is 4.89. The van der Waals surface area contributed by atoms with Gasteiger partial charge in [0.25, 0.3) is 0 Å². The third kappa shape index (κ3) is 5.93. The first-order valence-electron chi connectivity index (χ1n) is 10.1. The van der Waals surface area contributed by atoms with Crippen LogP contribution in [0.5, 0.6) is 0 Å². The van der Waals surface area contributed by atoms with Crippen LogP contribution >= 0.6 is 11.3 Å². The van der Waals surface area contributed by atoms with Crippen LogP contribution in [0.4, 0.5) is 0 Å². The Bertz CT molecular complexity index is 792. The van der Waals surface area contributed by atoms with E-state index in [0.29, 0.717) is 3.43 Å². The van der Waals surface area contributed by atoms with E-state index in [0.717, 1.165) is 4.83 Å². The van der Waals surface area contributed by atoms with Crippen LogP contribution in [-0.4, -0.2) is 46.0 Å². The molecule has 0 saturated heterocycles. The van der Waals surface area contributed by atoms with Crippen molar-refractivity contribution in [2.24, 2.45) is 0 Å². The molecule has 152 valence electrons. The Balaban J connectivity index is 2.34. The number of unbranched alkanes of at least 4 members (excludes halogenated alkanes) is 3. The van der Waals surface area contributed by atoms with Gasteiger partial charge >= 0.3 is 179 Å². The van der Waals surface area contributed by atoms with E-state index in [1.807, 2.05) is 4.40 Å². The third-order valence-electron chi connectivity index (χ3n) is 5.12. The van der Waals surface area contributed by atoms with E-state index in [4.69, 9.17) is 0 Å². The second-order valence-corrected chi connectivity index (χ2v) is 16.4. The quantitative estimate of drug-likeness (QED) is 0.401. The SMILES string of the molecule is CCCC[C](CCCC)(CCCC)[Sn][c]1cn2cnc(S(=O)(=O)NC)c2s1. The van der Waals surface area contributed by atoms with Gasteiger partial charge in [-0.15, -0.1) is 0 Å². The summed E-state index contributed by atoms with van der Waals surface area (Å²) in [6.07, 6.45) is 15.5. The van der Waals surface area contributed by atoms with Gasteiger partial charge in [0.1, 0.15) is 0 Å². The molecule has 0 spiro atoms. The van der Waals surface area contributed by atoms with Gasteiger partial charge in [0, 0.05) is 0 Å². The van der Waals surface area contributed by atoms with Gasteiger partial charge in [-0.2, -0.15) is 0 Å². The normalized spacial score (nSPS) is 12.9. The third-order valence-corrected chi connectivity index (χ3v) is 13.8. The minimum absolute atomic E-state index is 0.168. The van der Waals surface area contributed by atoms with Gasteiger partial charge in [0.15, 0.2) is 0 Å². The number of hydrogen-bond acceptors (Lipinski definition) is 4. The van der Waals surface area contributed by atoms with E-state index in [-0.39, 0.29) is 5.03 Å². The zero-order valence-corrected chi connectivity index (χ0v) is 21.5. The summed E-state index contributed by atoms with van der Waals surface area (Å²) in [6, 6.07) is 0. The monoisotopic (exact) mass is 519 g/mol. The fourth-order valence-electron chi connectivity index (χ4n) is 3.49. The maximum absolute atomic E-state index is 12.2. The van der Waals surface area contributed by atoms with E-state index >= 15 is 0 Å². The molecule has 1 N–H and O–H groups in total. The van der Waals surface area contributed by atoms with Crippen LogP contribution in [0.2, 0.25) is 3.43 Å². The first kappa shape index (κ1) is 23.2. The molecule has 0 amide bonds. The molecule has 5 nitrogen and oxygen atoms in total. The standard InChI is InChI=1S/C13H27.C6H6N3O2S2.Sn/c1-4-7-10-13(11-8-5-2)12-9-6-3;1-7-13(10,11)5-6-9(4-8-5)2-3-12-6;/h4-12H2,1-3H3;2,4,7H,1H3;. The molecule has 0 unspecified atom stereocenters. The van der Waals surface area contributed by atoms with E-state index < -0.39 is 31.2 Å². The van der Waals surface area contributed by atoms with Gasteiger partial charge in [-0.05, 0) is 0 Å². The number of rotatable bonds is 13. The van der Waals surface area contributed by atoms with Crippen LogP contribution in [0, 0.1) is 0 Å². The Hall–Kier alpha value is -0.121. The van der Waals surface area contributed by atoms with Crippen LogP contribution < -0.4 is 7.62 Å². The number of imidazole rings is 1. The fraction of sp³-hybridized carbons (Fsp3) is 0.737. The van der Waals surface area contributed by atoms with E-state index in [2.05, 4.69) is 36.7 Å². The molecular weight excluding hydrogens is 485 g/mol. The second-order valence-electron chi connectivity index (χ2n) is 7.28. The zero-order valence-electron chi connectivity index (χ0n) is 17.0. The first-order chi connectivity index (χ1) is 12.9. The Morgan fingerprint density at radius 2 is 1.67 bits per heavy atom. The average Bonchev–Trinajstić information content (AvgIpc) is 3.22. The van der Waals surface area contributed by atoms with Crippen LogP contribution in [0.1, 0.15) is 78.6 Å². The number of aromatic nitrogens is 2. The van der Waals surface area contributed by atoms with Crippen LogP contribution in [0.15, 0.2) is 17.6 Å². The van der Waals surface area contributed by atoms with Crippen LogP contribution in [-0.2, 0) is 10.0 Å². The van der Waals surface area contributed by atoms with Gasteiger partial charge < -0.3 is 0 Å². The molecule has 2 aromatic rings. The summed E-state index contributed by atoms with van der Waals surface area (Å²) in [6.45, 7) is 6.85. The molecule has 27 heavy (non-hydrogen) atoms. The van der Waals surface area contributed by atoms with Crippen molar-refractivity contribution in [2.75, 3.05) is 7.05 Å². The Morgan fingerprint density at radius 1 is 1.11 bits per heavy atom. The molecule has 2 rings (SSSR count). The number of hydrogen-bond donors (Lipinski definition) is 1. The van der Waals surface area contributed by atoms with E-state index in [1.54, 1.807) is 17.7 Å². The summed E-state index contributed by atoms with van der Waals surface area (Å²) in [5.41, 5.74) is 0. The van der Waals surface area contributed by atoms with Crippen molar-refractivity contribution in [1.29, 1.82) is 0 Å². The predicted octanol–water partition coefficient (Wildman–Crippen LogP) is 4.36. The Labute approximate surface area is 178 Å². The molecular formula is C19H33N3O2S2Sn. The molecule has 0 fully saturated rings. The van der Waals surface area contributed by atoms with Crippen molar-refractivity contribution >= 4 is 50.2 Å². The van der Waals surface area contributed by atoms with Gasteiger partial charge in [-0.3, -0.25) is 0 Å². The number of nitrogens with zero attached hydrogens (tertiary/aromatic N) is 2. The molecule has 0 aliphatic carbocycles. The molecule has 2 heterocycles. The van der Waals surface area contributed by atoms with Gasteiger partial charge in [-0.25, -0.2) is 0 Å². The van der Waals surface area contributed by atoms with E-state index in [9.17, 15) is 8.42 Å². The molecule has 0 aliphatic heterocycles. The van der Waals surface area contributed by atoms with Crippen molar-refractivity contribution in [3.8, 4) is 0 Å². The first-order valence-corrected chi connectivity index (χ1v) is 15.2. The minimum atomic E-state index is -3.51. The predicted molar refractivity (Wildman–Crippen MR) is 116 cm³/mol. The second kappa shape index (κ2) is 10.6. The van der Waals surface area contributed by atoms with Crippen molar-refractivity contribution in [2.45, 2.75) is 87.0 Å². The maximum atomic E-state index is 12.2. The zero-order chi connectivity index (χ0) is 19.9. The molecule has 0 saturated carbocycles. The molecule has 0 aliphatic rings. The Kier molecular flexibility index (Phi) is 9.09. The summed E-state index contributed by atoms with van der Waals surface area (Å²) in [5.74, 6) is 0. The van der Waals surface area contributed by atoms with Crippen molar-refractivity contribution < 1.29 is 8.42 Å². The topological polar surface area (TPSA) is 63.5 Å². The molecule has 2 aromatic heterocycles. The summed E-state index contributed by atoms with van der Waals surface area (Å²) >= 11 is 0.804.